The quantitative estimate of drug-likeness (QED) is 0.393. The molecule has 0 bridgehead atoms. The predicted octanol–water partition coefficient (Wildman–Crippen LogP) is 4.88. The Labute approximate surface area is 109 Å². The molecule has 0 amide bonds. The van der Waals surface area contributed by atoms with Crippen LogP contribution in [-0.2, 0) is 0 Å². The van der Waals surface area contributed by atoms with E-state index < -0.39 is 23.3 Å². The van der Waals surface area contributed by atoms with Crippen LogP contribution in [0.25, 0.3) is 6.08 Å². The molecule has 2 aromatic carbocycles. The minimum absolute atomic E-state index is 0.276. The van der Waals surface area contributed by atoms with Gasteiger partial charge in [-0.2, -0.15) is 0 Å². The Kier molecular flexibility index (Phi) is 5.30. The second-order valence-electron chi connectivity index (χ2n) is 3.80. The smallest absolute Gasteiger partial charge is 0.194 e. The summed E-state index contributed by atoms with van der Waals surface area (Å²) in [4.78, 5) is 0. The standard InChI is InChI=1S/C9H10.C6H2F4/c1-3-9-6-4-8(2)5-7-9;7-3-1-4(8)6(10)5(9)2-3/h3-7H,1H2,2H3;1-2H. The average molecular weight is 268 g/mol. The third-order valence-electron chi connectivity index (χ3n) is 2.26. The minimum Gasteiger partial charge on any atom is -0.207 e. The summed E-state index contributed by atoms with van der Waals surface area (Å²) in [6, 6.07) is 8.83. The molecule has 0 N–H and O–H groups in total. The molecule has 0 aliphatic carbocycles. The van der Waals surface area contributed by atoms with E-state index in [1.165, 1.54) is 11.1 Å². The highest BCUT2D eigenvalue weighted by molar-refractivity contribution is 5.46. The Morgan fingerprint density at radius 3 is 1.79 bits per heavy atom. The number of aryl methyl sites for hydroxylation is 1. The van der Waals surface area contributed by atoms with Crippen LogP contribution in [0, 0.1) is 30.2 Å². The van der Waals surface area contributed by atoms with Gasteiger partial charge in [-0.25, -0.2) is 17.6 Å². The van der Waals surface area contributed by atoms with Gasteiger partial charge in [-0.15, -0.1) is 0 Å². The monoisotopic (exact) mass is 268 g/mol. The number of hydrogen-bond donors (Lipinski definition) is 0. The molecule has 0 spiro atoms. The fourth-order valence-electron chi connectivity index (χ4n) is 1.23. The lowest BCUT2D eigenvalue weighted by molar-refractivity contribution is 0.434. The van der Waals surface area contributed by atoms with E-state index in [1.54, 1.807) is 0 Å². The van der Waals surface area contributed by atoms with E-state index >= 15 is 0 Å². The summed E-state index contributed by atoms with van der Waals surface area (Å²) in [7, 11) is 0. The lowest BCUT2D eigenvalue weighted by Crippen LogP contribution is -1.91. The Bertz CT molecular complexity index is 536. The second kappa shape index (κ2) is 6.73. The van der Waals surface area contributed by atoms with Crippen molar-refractivity contribution in [1.29, 1.82) is 0 Å². The molecule has 0 saturated carbocycles. The van der Waals surface area contributed by atoms with Gasteiger partial charge in [0.05, 0.1) is 0 Å². The molecular formula is C15H12F4. The molecule has 0 aromatic heterocycles. The summed E-state index contributed by atoms with van der Waals surface area (Å²) in [5.74, 6) is -5.81. The normalized spacial score (nSPS) is 9.53. The topological polar surface area (TPSA) is 0 Å². The van der Waals surface area contributed by atoms with Gasteiger partial charge in [-0.3, -0.25) is 0 Å². The van der Waals surface area contributed by atoms with Crippen LogP contribution in [0.1, 0.15) is 11.1 Å². The van der Waals surface area contributed by atoms with Crippen molar-refractivity contribution in [1.82, 2.24) is 0 Å². The Balaban J connectivity index is 0.000000191. The molecule has 4 heteroatoms. The minimum atomic E-state index is -1.65. The summed E-state index contributed by atoms with van der Waals surface area (Å²) >= 11 is 0. The van der Waals surface area contributed by atoms with Gasteiger partial charge in [0.15, 0.2) is 17.5 Å². The van der Waals surface area contributed by atoms with Gasteiger partial charge in [0, 0.05) is 12.1 Å². The maximum absolute atomic E-state index is 12.0. The largest absolute Gasteiger partial charge is 0.207 e. The Morgan fingerprint density at radius 2 is 1.37 bits per heavy atom. The molecule has 0 fully saturated rings. The highest BCUT2D eigenvalue weighted by Gasteiger charge is 2.09. The fraction of sp³-hybridized carbons (Fsp3) is 0.0667. The van der Waals surface area contributed by atoms with E-state index in [2.05, 4.69) is 37.8 Å². The number of rotatable bonds is 1. The van der Waals surface area contributed by atoms with E-state index in [-0.39, 0.29) is 12.1 Å². The van der Waals surface area contributed by atoms with Crippen molar-refractivity contribution in [2.75, 3.05) is 0 Å². The summed E-state index contributed by atoms with van der Waals surface area (Å²) in [6.07, 6.45) is 1.85. The first-order chi connectivity index (χ1) is 8.93. The Morgan fingerprint density at radius 1 is 0.895 bits per heavy atom. The molecule has 0 nitrogen and oxygen atoms in total. The van der Waals surface area contributed by atoms with E-state index in [4.69, 9.17) is 0 Å². The summed E-state index contributed by atoms with van der Waals surface area (Å²) in [5.41, 5.74) is 2.47. The molecule has 19 heavy (non-hydrogen) atoms. The van der Waals surface area contributed by atoms with Gasteiger partial charge in [0.25, 0.3) is 0 Å². The van der Waals surface area contributed by atoms with Gasteiger partial charge in [-0.1, -0.05) is 42.5 Å². The van der Waals surface area contributed by atoms with E-state index in [0.29, 0.717) is 0 Å². The predicted molar refractivity (Wildman–Crippen MR) is 67.5 cm³/mol. The maximum atomic E-state index is 12.0. The molecule has 0 saturated heterocycles. The van der Waals surface area contributed by atoms with Gasteiger partial charge >= 0.3 is 0 Å². The molecular weight excluding hydrogens is 256 g/mol. The average Bonchev–Trinajstić information content (AvgIpc) is 2.37. The van der Waals surface area contributed by atoms with Crippen molar-refractivity contribution >= 4 is 6.08 Å². The highest BCUT2D eigenvalue weighted by Crippen LogP contribution is 2.11. The van der Waals surface area contributed by atoms with Gasteiger partial charge in [0.2, 0.25) is 0 Å². The number of benzene rings is 2. The SMILES string of the molecule is C=Cc1ccc(C)cc1.Fc1cc(F)c(F)c(F)c1. The molecule has 0 aliphatic heterocycles. The van der Waals surface area contributed by atoms with Crippen LogP contribution in [0.4, 0.5) is 17.6 Å². The van der Waals surface area contributed by atoms with E-state index in [1.807, 2.05) is 6.08 Å². The first-order valence-corrected chi connectivity index (χ1v) is 5.43. The number of hydrogen-bond acceptors (Lipinski definition) is 0. The molecule has 2 rings (SSSR count). The van der Waals surface area contributed by atoms with Gasteiger partial charge in [0.1, 0.15) is 5.82 Å². The van der Waals surface area contributed by atoms with Crippen molar-refractivity contribution in [3.63, 3.8) is 0 Å². The maximum Gasteiger partial charge on any atom is 0.194 e. The molecule has 0 unspecified atom stereocenters. The van der Waals surface area contributed by atoms with E-state index in [9.17, 15) is 17.6 Å². The summed E-state index contributed by atoms with van der Waals surface area (Å²) in [5, 5.41) is 0. The van der Waals surface area contributed by atoms with Crippen LogP contribution >= 0.6 is 0 Å². The summed E-state index contributed by atoms with van der Waals surface area (Å²) in [6.45, 7) is 5.74. The zero-order valence-electron chi connectivity index (χ0n) is 10.3. The lowest BCUT2D eigenvalue weighted by atomic mass is 10.2. The zero-order chi connectivity index (χ0) is 14.4. The van der Waals surface area contributed by atoms with Crippen molar-refractivity contribution in [2.45, 2.75) is 6.92 Å². The fourth-order valence-corrected chi connectivity index (χ4v) is 1.23. The Hall–Kier alpha value is -2.10. The molecule has 0 aliphatic rings. The number of halogens is 4. The van der Waals surface area contributed by atoms with Crippen LogP contribution < -0.4 is 0 Å². The van der Waals surface area contributed by atoms with E-state index in [0.717, 1.165) is 0 Å². The van der Waals surface area contributed by atoms with Crippen LogP contribution in [0.3, 0.4) is 0 Å². The van der Waals surface area contributed by atoms with Crippen molar-refractivity contribution < 1.29 is 17.6 Å². The summed E-state index contributed by atoms with van der Waals surface area (Å²) < 4.78 is 47.9. The molecule has 0 heterocycles. The second-order valence-corrected chi connectivity index (χ2v) is 3.80. The first-order valence-electron chi connectivity index (χ1n) is 5.43. The third kappa shape index (κ3) is 4.58. The first kappa shape index (κ1) is 15.0. The van der Waals surface area contributed by atoms with Crippen LogP contribution in [0.2, 0.25) is 0 Å². The third-order valence-corrected chi connectivity index (χ3v) is 2.26. The molecule has 0 radical (unpaired) electrons. The van der Waals surface area contributed by atoms with Crippen LogP contribution in [0.5, 0.6) is 0 Å². The van der Waals surface area contributed by atoms with Crippen LogP contribution in [-0.4, -0.2) is 0 Å². The van der Waals surface area contributed by atoms with Crippen LogP contribution in [0.15, 0.2) is 43.0 Å². The van der Waals surface area contributed by atoms with Gasteiger partial charge < -0.3 is 0 Å². The van der Waals surface area contributed by atoms with Gasteiger partial charge in [-0.05, 0) is 12.5 Å². The zero-order valence-corrected chi connectivity index (χ0v) is 10.3. The molecule has 100 valence electrons. The highest BCUT2D eigenvalue weighted by atomic mass is 19.2. The van der Waals surface area contributed by atoms with Crippen molar-refractivity contribution in [3.8, 4) is 0 Å². The molecule has 2 aromatic rings. The van der Waals surface area contributed by atoms with Crippen molar-refractivity contribution in [2.24, 2.45) is 0 Å². The van der Waals surface area contributed by atoms with Crippen molar-refractivity contribution in [3.05, 3.63) is 77.4 Å². The molecule has 0 atom stereocenters. The lowest BCUT2D eigenvalue weighted by Gasteiger charge is -1.92.